The maximum Gasteiger partial charge on any atom is 0.307 e. The Labute approximate surface area is 181 Å². The number of aliphatic carboxylic acids is 1. The Morgan fingerprint density at radius 2 is 2.13 bits per heavy atom. The lowest BCUT2D eigenvalue weighted by Gasteiger charge is -2.19. The van der Waals surface area contributed by atoms with Crippen LogP contribution in [0.5, 0.6) is 5.75 Å². The molecule has 0 radical (unpaired) electrons. The van der Waals surface area contributed by atoms with E-state index in [4.69, 9.17) is 4.74 Å². The molecule has 1 fully saturated rings. The van der Waals surface area contributed by atoms with E-state index < -0.39 is 5.97 Å². The van der Waals surface area contributed by atoms with Crippen molar-refractivity contribution in [2.45, 2.75) is 12.8 Å². The van der Waals surface area contributed by atoms with E-state index in [2.05, 4.69) is 15.6 Å². The molecule has 0 aliphatic carbocycles. The van der Waals surface area contributed by atoms with Crippen LogP contribution in [0.2, 0.25) is 0 Å². The van der Waals surface area contributed by atoms with Gasteiger partial charge in [0, 0.05) is 5.56 Å². The number of hydrogen-bond donors (Lipinski definition) is 2. The number of hydrogen-bond acceptors (Lipinski definition) is 5. The van der Waals surface area contributed by atoms with Crippen molar-refractivity contribution < 1.29 is 14.6 Å². The molecule has 1 unspecified atom stereocenters. The average molecular weight is 429 g/mol. The van der Waals surface area contributed by atoms with E-state index in [1.54, 1.807) is 11.8 Å². The van der Waals surface area contributed by atoms with Crippen molar-refractivity contribution in [3.8, 4) is 22.7 Å². The third-order valence-corrected chi connectivity index (χ3v) is 5.47. The second kappa shape index (κ2) is 9.73. The molecule has 1 aliphatic heterocycles. The first-order chi connectivity index (χ1) is 14.1. The number of ether oxygens (including phenoxy) is 1. The first-order valence-corrected chi connectivity index (χ1v) is 9.73. The molecule has 2 heterocycles. The Balaban J connectivity index is 0.00000256. The summed E-state index contributed by atoms with van der Waals surface area (Å²) < 4.78 is 6.99. The van der Waals surface area contributed by atoms with Gasteiger partial charge in [0.15, 0.2) is 0 Å². The highest BCUT2D eigenvalue weighted by atomic mass is 35.5. The summed E-state index contributed by atoms with van der Waals surface area (Å²) in [6.07, 6.45) is 3.28. The first-order valence-electron chi connectivity index (χ1n) is 9.73. The topological polar surface area (TPSA) is 89.3 Å². The lowest BCUT2D eigenvalue weighted by atomic mass is 9.86. The van der Waals surface area contributed by atoms with E-state index in [-0.39, 0.29) is 24.2 Å². The molecule has 7 nitrogen and oxygen atoms in total. The van der Waals surface area contributed by atoms with Crippen LogP contribution in [0.15, 0.2) is 54.7 Å². The summed E-state index contributed by atoms with van der Waals surface area (Å²) in [5.41, 5.74) is 3.51. The van der Waals surface area contributed by atoms with Crippen molar-refractivity contribution in [1.29, 1.82) is 0 Å². The predicted molar refractivity (Wildman–Crippen MR) is 116 cm³/mol. The van der Waals surface area contributed by atoms with Gasteiger partial charge < -0.3 is 15.2 Å². The second-order valence-corrected chi connectivity index (χ2v) is 7.35. The summed E-state index contributed by atoms with van der Waals surface area (Å²) in [7, 11) is 1.63. The van der Waals surface area contributed by atoms with Crippen molar-refractivity contribution in [1.82, 2.24) is 20.3 Å². The molecular formula is C22H25ClN4O3. The maximum absolute atomic E-state index is 11.8. The molecule has 4 rings (SSSR count). The molecule has 2 N–H and O–H groups in total. The summed E-state index contributed by atoms with van der Waals surface area (Å²) in [6, 6.07) is 15.5. The molecule has 2 atom stereocenters. The Bertz CT molecular complexity index is 1000. The molecule has 0 saturated carbocycles. The fraction of sp³-hybridized carbons (Fsp3) is 0.318. The third-order valence-electron chi connectivity index (χ3n) is 5.47. The van der Waals surface area contributed by atoms with Gasteiger partial charge in [0.05, 0.1) is 24.9 Å². The minimum Gasteiger partial charge on any atom is -0.497 e. The molecular weight excluding hydrogens is 404 g/mol. The van der Waals surface area contributed by atoms with Gasteiger partial charge in [-0.1, -0.05) is 29.5 Å². The number of nitrogens with zero attached hydrogens (tertiary/aromatic N) is 3. The van der Waals surface area contributed by atoms with Crippen LogP contribution < -0.4 is 10.1 Å². The average Bonchev–Trinajstić information content (AvgIpc) is 3.44. The summed E-state index contributed by atoms with van der Waals surface area (Å²) in [4.78, 5) is 11.8. The quantitative estimate of drug-likeness (QED) is 0.600. The van der Waals surface area contributed by atoms with Gasteiger partial charge >= 0.3 is 5.97 Å². The molecule has 0 bridgehead atoms. The van der Waals surface area contributed by atoms with Gasteiger partial charge in [-0.05, 0) is 61.7 Å². The number of rotatable bonds is 7. The van der Waals surface area contributed by atoms with Crippen LogP contribution in [0, 0.1) is 11.8 Å². The van der Waals surface area contributed by atoms with Crippen LogP contribution in [-0.4, -0.2) is 46.3 Å². The molecule has 30 heavy (non-hydrogen) atoms. The largest absolute Gasteiger partial charge is 0.497 e. The highest BCUT2D eigenvalue weighted by Crippen LogP contribution is 2.25. The third kappa shape index (κ3) is 4.80. The molecule has 1 aliphatic rings. The van der Waals surface area contributed by atoms with Gasteiger partial charge in [-0.25, -0.2) is 4.68 Å². The van der Waals surface area contributed by atoms with Crippen LogP contribution in [0.25, 0.3) is 16.9 Å². The first kappa shape index (κ1) is 21.8. The van der Waals surface area contributed by atoms with E-state index in [0.29, 0.717) is 6.42 Å². The molecule has 0 spiro atoms. The number of nitrogens with one attached hydrogen (secondary N) is 1. The van der Waals surface area contributed by atoms with Crippen molar-refractivity contribution in [3.63, 3.8) is 0 Å². The number of benzene rings is 2. The molecule has 2 aromatic carbocycles. The summed E-state index contributed by atoms with van der Waals surface area (Å²) in [5.74, 6) is -0.184. The minimum atomic E-state index is -0.731. The molecule has 1 aromatic heterocycles. The predicted octanol–water partition coefficient (Wildman–Crippen LogP) is 3.22. The fourth-order valence-electron chi connectivity index (χ4n) is 3.86. The second-order valence-electron chi connectivity index (χ2n) is 7.35. The van der Waals surface area contributed by atoms with Gasteiger partial charge in [0.25, 0.3) is 0 Å². The van der Waals surface area contributed by atoms with Crippen LogP contribution in [0.4, 0.5) is 0 Å². The number of methoxy groups -OCH3 is 1. The summed E-state index contributed by atoms with van der Waals surface area (Å²) in [6.45, 7) is 1.66. The summed E-state index contributed by atoms with van der Waals surface area (Å²) >= 11 is 0. The highest BCUT2D eigenvalue weighted by molar-refractivity contribution is 5.85. The normalized spacial score (nSPS) is 16.6. The van der Waals surface area contributed by atoms with Crippen molar-refractivity contribution in [2.24, 2.45) is 11.8 Å². The zero-order valence-corrected chi connectivity index (χ0v) is 17.5. The number of aromatic nitrogens is 3. The Hall–Kier alpha value is -2.90. The lowest BCUT2D eigenvalue weighted by Crippen LogP contribution is -2.27. The van der Waals surface area contributed by atoms with Crippen molar-refractivity contribution in [2.75, 3.05) is 20.2 Å². The fourth-order valence-corrected chi connectivity index (χ4v) is 3.86. The monoisotopic (exact) mass is 428 g/mol. The van der Waals surface area contributed by atoms with Gasteiger partial charge in [-0.15, -0.1) is 17.5 Å². The van der Waals surface area contributed by atoms with E-state index in [9.17, 15) is 9.90 Å². The zero-order valence-electron chi connectivity index (χ0n) is 16.7. The molecule has 8 heteroatoms. The number of carboxylic acid groups (broad SMARTS) is 1. The molecule has 0 amide bonds. The smallest absolute Gasteiger partial charge is 0.307 e. The Kier molecular flexibility index (Phi) is 7.07. The van der Waals surface area contributed by atoms with Gasteiger partial charge in [0.1, 0.15) is 11.4 Å². The zero-order chi connectivity index (χ0) is 20.2. The molecule has 3 aromatic rings. The Morgan fingerprint density at radius 1 is 1.30 bits per heavy atom. The lowest BCUT2D eigenvalue weighted by molar-refractivity contribution is -0.143. The van der Waals surface area contributed by atoms with Crippen molar-refractivity contribution in [3.05, 3.63) is 60.3 Å². The van der Waals surface area contributed by atoms with Crippen LogP contribution in [0.3, 0.4) is 0 Å². The number of carboxylic acids is 1. The maximum atomic E-state index is 11.8. The number of halogens is 1. The minimum absolute atomic E-state index is 0. The van der Waals surface area contributed by atoms with Gasteiger partial charge in [0.2, 0.25) is 0 Å². The Morgan fingerprint density at radius 3 is 2.87 bits per heavy atom. The summed E-state index contributed by atoms with van der Waals surface area (Å²) in [5, 5.41) is 21.5. The number of carbonyl (C=O) groups is 1. The van der Waals surface area contributed by atoms with E-state index in [1.165, 1.54) is 0 Å². The van der Waals surface area contributed by atoms with Crippen LogP contribution in [-0.2, 0) is 11.2 Å². The SMILES string of the molecule is COc1cccc(-c2cn(-c3cccc(CC(C(=O)O)[C@H]4CCNC4)c3)nn2)c1.Cl. The van der Waals surface area contributed by atoms with Gasteiger partial charge in [-0.3, -0.25) is 4.79 Å². The molecule has 1 saturated heterocycles. The van der Waals surface area contributed by atoms with Crippen LogP contribution in [0.1, 0.15) is 12.0 Å². The van der Waals surface area contributed by atoms with E-state index in [0.717, 1.165) is 47.8 Å². The molecule has 158 valence electrons. The van der Waals surface area contributed by atoms with E-state index >= 15 is 0 Å². The standard InChI is InChI=1S/C22H24N4O3.ClH/c1-29-19-7-3-5-16(12-19)21-14-26(25-24-21)18-6-2-4-15(10-18)11-20(22(27)28)17-8-9-23-13-17;/h2-7,10,12,14,17,20,23H,8-9,11,13H2,1H3,(H,27,28);1H/t17-,20?;/m0./s1. The van der Waals surface area contributed by atoms with Gasteiger partial charge in [-0.2, -0.15) is 0 Å². The van der Waals surface area contributed by atoms with Crippen molar-refractivity contribution >= 4 is 18.4 Å². The highest BCUT2D eigenvalue weighted by Gasteiger charge is 2.30. The van der Waals surface area contributed by atoms with E-state index in [1.807, 2.05) is 54.7 Å². The van der Waals surface area contributed by atoms with Crippen LogP contribution >= 0.6 is 12.4 Å².